The van der Waals surface area contributed by atoms with E-state index in [1.54, 1.807) is 36.4 Å². The van der Waals surface area contributed by atoms with Crippen LogP contribution in [-0.2, 0) is 4.79 Å². The van der Waals surface area contributed by atoms with Gasteiger partial charge in [-0.15, -0.1) is 0 Å². The lowest BCUT2D eigenvalue weighted by molar-refractivity contribution is -0.135. The van der Waals surface area contributed by atoms with Gasteiger partial charge in [0.1, 0.15) is 12.2 Å². The monoisotopic (exact) mass is 392 g/mol. The molecule has 0 radical (unpaired) electrons. The van der Waals surface area contributed by atoms with Crippen molar-refractivity contribution in [1.29, 1.82) is 0 Å². The van der Waals surface area contributed by atoms with Gasteiger partial charge in [-0.3, -0.25) is 4.79 Å². The van der Waals surface area contributed by atoms with Crippen LogP contribution in [0.3, 0.4) is 0 Å². The minimum atomic E-state index is -0.516. The summed E-state index contributed by atoms with van der Waals surface area (Å²) in [4.78, 5) is 25.1. The van der Waals surface area contributed by atoms with Crippen LogP contribution in [0, 0.1) is 0 Å². The Labute approximate surface area is 167 Å². The summed E-state index contributed by atoms with van der Waals surface area (Å²) in [7, 11) is 1.54. The Bertz CT molecular complexity index is 1170. The molecular formula is C23H20O6. The Balaban J connectivity index is 1.83. The van der Waals surface area contributed by atoms with Crippen LogP contribution in [0.4, 0.5) is 0 Å². The van der Waals surface area contributed by atoms with E-state index in [2.05, 4.69) is 6.58 Å². The zero-order valence-electron chi connectivity index (χ0n) is 16.2. The second-order valence-electron chi connectivity index (χ2n) is 7.02. The molecule has 0 spiro atoms. The highest BCUT2D eigenvalue weighted by Gasteiger charge is 2.34. The molecule has 0 N–H and O–H groups in total. The summed E-state index contributed by atoms with van der Waals surface area (Å²) in [5.74, 6) is 0.425. The number of fused-ring (bicyclic) bond motifs is 3. The van der Waals surface area contributed by atoms with Crippen LogP contribution in [0.15, 0.2) is 63.8 Å². The first-order valence-electron chi connectivity index (χ1n) is 9.19. The van der Waals surface area contributed by atoms with Crippen LogP contribution >= 0.6 is 0 Å². The maximum absolute atomic E-state index is 12.7. The molecule has 0 amide bonds. The minimum Gasteiger partial charge on any atom is -0.493 e. The molecule has 0 aliphatic carbocycles. The van der Waals surface area contributed by atoms with Crippen molar-refractivity contribution in [3.63, 3.8) is 0 Å². The highest BCUT2D eigenvalue weighted by molar-refractivity contribution is 5.90. The molecule has 4 rings (SSSR count). The molecule has 1 aliphatic heterocycles. The van der Waals surface area contributed by atoms with Gasteiger partial charge in [0.15, 0.2) is 17.2 Å². The van der Waals surface area contributed by atoms with Gasteiger partial charge in [0, 0.05) is 5.92 Å². The molecule has 0 fully saturated rings. The third-order valence-electron chi connectivity index (χ3n) is 4.80. The van der Waals surface area contributed by atoms with E-state index < -0.39 is 17.5 Å². The number of hydrogen-bond donors (Lipinski definition) is 0. The molecule has 6 nitrogen and oxygen atoms in total. The van der Waals surface area contributed by atoms with Gasteiger partial charge in [0.05, 0.1) is 24.5 Å². The maximum atomic E-state index is 12.7. The number of carbonyl (C=O) groups excluding carboxylic acids is 1. The van der Waals surface area contributed by atoms with Gasteiger partial charge in [0.2, 0.25) is 0 Å². The van der Waals surface area contributed by atoms with Crippen LogP contribution in [0.1, 0.15) is 30.4 Å². The Hall–Kier alpha value is -3.54. The molecule has 2 aromatic carbocycles. The fraction of sp³-hybridized carbons (Fsp3) is 0.217. The molecule has 1 aromatic heterocycles. The summed E-state index contributed by atoms with van der Waals surface area (Å²) >= 11 is 0. The van der Waals surface area contributed by atoms with Crippen LogP contribution < -0.4 is 19.8 Å². The Kier molecular flexibility index (Phi) is 4.84. The van der Waals surface area contributed by atoms with Gasteiger partial charge in [-0.2, -0.15) is 0 Å². The van der Waals surface area contributed by atoms with Gasteiger partial charge in [0.25, 0.3) is 0 Å². The van der Waals surface area contributed by atoms with E-state index in [1.165, 1.54) is 7.11 Å². The summed E-state index contributed by atoms with van der Waals surface area (Å²) < 4.78 is 22.1. The molecule has 1 atom stereocenters. The number of hydrogen-bond acceptors (Lipinski definition) is 6. The maximum Gasteiger partial charge on any atom is 0.343 e. The highest BCUT2D eigenvalue weighted by Crippen LogP contribution is 2.42. The van der Waals surface area contributed by atoms with E-state index in [0.29, 0.717) is 34.6 Å². The predicted molar refractivity (Wildman–Crippen MR) is 108 cm³/mol. The number of carbonyl (C=O) groups is 1. The van der Waals surface area contributed by atoms with E-state index in [0.717, 1.165) is 11.1 Å². The van der Waals surface area contributed by atoms with Crippen molar-refractivity contribution in [3.8, 4) is 17.2 Å². The van der Waals surface area contributed by atoms with Crippen molar-refractivity contribution in [2.45, 2.75) is 19.3 Å². The van der Waals surface area contributed by atoms with Gasteiger partial charge >= 0.3 is 11.6 Å². The van der Waals surface area contributed by atoms with E-state index >= 15 is 0 Å². The standard InChI is InChI=1S/C23H20O6/c1-13(2)12-27-18-9-8-14(10-19(18)26-3)16-11-20(24)29-22-15-6-4-5-7-17(15)28-23(25)21(16)22/h4-10,16H,1,11-12H2,2-3H3/t16-/m0/s1. The first-order valence-corrected chi connectivity index (χ1v) is 9.19. The highest BCUT2D eigenvalue weighted by atomic mass is 16.5. The summed E-state index contributed by atoms with van der Waals surface area (Å²) in [6, 6.07) is 12.4. The molecule has 0 saturated carbocycles. The van der Waals surface area contributed by atoms with E-state index in [-0.39, 0.29) is 12.2 Å². The smallest absolute Gasteiger partial charge is 0.343 e. The van der Waals surface area contributed by atoms with Gasteiger partial charge < -0.3 is 18.6 Å². The average Bonchev–Trinajstić information content (AvgIpc) is 2.71. The number of benzene rings is 2. The van der Waals surface area contributed by atoms with Crippen molar-refractivity contribution < 1.29 is 23.4 Å². The second-order valence-corrected chi connectivity index (χ2v) is 7.02. The molecule has 6 heteroatoms. The van der Waals surface area contributed by atoms with Crippen molar-refractivity contribution >= 4 is 16.9 Å². The first-order chi connectivity index (χ1) is 14.0. The summed E-state index contributed by atoms with van der Waals surface area (Å²) in [6.45, 7) is 6.06. The second kappa shape index (κ2) is 7.47. The summed E-state index contributed by atoms with van der Waals surface area (Å²) in [5.41, 5.74) is 1.82. The van der Waals surface area contributed by atoms with Crippen LogP contribution in [0.2, 0.25) is 0 Å². The largest absolute Gasteiger partial charge is 0.493 e. The van der Waals surface area contributed by atoms with Crippen LogP contribution in [0.25, 0.3) is 11.0 Å². The molecule has 3 aromatic rings. The summed E-state index contributed by atoms with van der Waals surface area (Å²) in [6.07, 6.45) is 0.0330. The third-order valence-corrected chi connectivity index (χ3v) is 4.80. The average molecular weight is 392 g/mol. The molecule has 1 aliphatic rings. The van der Waals surface area contributed by atoms with E-state index in [9.17, 15) is 9.59 Å². The minimum absolute atomic E-state index is 0.0330. The quantitative estimate of drug-likeness (QED) is 0.368. The zero-order valence-corrected chi connectivity index (χ0v) is 16.2. The van der Waals surface area contributed by atoms with Crippen molar-refractivity contribution in [1.82, 2.24) is 0 Å². The van der Waals surface area contributed by atoms with Crippen molar-refractivity contribution in [3.05, 3.63) is 76.2 Å². The van der Waals surface area contributed by atoms with Crippen molar-refractivity contribution in [2.24, 2.45) is 0 Å². The van der Waals surface area contributed by atoms with E-state index in [1.807, 2.05) is 13.0 Å². The zero-order chi connectivity index (χ0) is 20.5. The molecule has 2 heterocycles. The number of ether oxygens (including phenoxy) is 3. The SMILES string of the molecule is C=C(C)COc1ccc([C@@H]2CC(=O)Oc3c2c(=O)oc2ccccc32)cc1OC. The molecule has 0 bridgehead atoms. The van der Waals surface area contributed by atoms with Crippen LogP contribution in [0.5, 0.6) is 17.2 Å². The van der Waals surface area contributed by atoms with Gasteiger partial charge in [-0.1, -0.05) is 24.8 Å². The fourth-order valence-corrected chi connectivity index (χ4v) is 3.48. The van der Waals surface area contributed by atoms with Crippen LogP contribution in [-0.4, -0.2) is 19.7 Å². The predicted octanol–water partition coefficient (Wildman–Crippen LogP) is 4.20. The number of rotatable bonds is 5. The summed E-state index contributed by atoms with van der Waals surface area (Å²) in [5, 5.41) is 0.591. The molecule has 0 saturated heterocycles. The molecule has 29 heavy (non-hydrogen) atoms. The Morgan fingerprint density at radius 2 is 1.97 bits per heavy atom. The first kappa shape index (κ1) is 18.8. The van der Waals surface area contributed by atoms with Gasteiger partial charge in [-0.05, 0) is 42.3 Å². The molecule has 148 valence electrons. The number of methoxy groups -OCH3 is 1. The third kappa shape index (κ3) is 3.49. The van der Waals surface area contributed by atoms with Gasteiger partial charge in [-0.25, -0.2) is 4.79 Å². The lowest BCUT2D eigenvalue weighted by Gasteiger charge is -2.25. The van der Waals surface area contributed by atoms with E-state index in [4.69, 9.17) is 18.6 Å². The Morgan fingerprint density at radius 3 is 2.72 bits per heavy atom. The molecular weight excluding hydrogens is 372 g/mol. The topological polar surface area (TPSA) is 75.0 Å². The lowest BCUT2D eigenvalue weighted by Crippen LogP contribution is -2.26. The normalized spacial score (nSPS) is 15.5. The Morgan fingerprint density at radius 1 is 1.17 bits per heavy atom. The number of esters is 1. The lowest BCUT2D eigenvalue weighted by atomic mass is 9.86. The fourth-order valence-electron chi connectivity index (χ4n) is 3.48. The molecule has 0 unspecified atom stereocenters. The number of para-hydroxylation sites is 1. The van der Waals surface area contributed by atoms with Crippen molar-refractivity contribution in [2.75, 3.05) is 13.7 Å².